The summed E-state index contributed by atoms with van der Waals surface area (Å²) in [5.41, 5.74) is 7.91. The molecule has 3 aromatic rings. The van der Waals surface area contributed by atoms with Crippen molar-refractivity contribution in [3.05, 3.63) is 76.5 Å². The zero-order chi connectivity index (χ0) is 19.7. The molecule has 144 valence electrons. The Morgan fingerprint density at radius 3 is 2.50 bits per heavy atom. The molecule has 2 aromatic carbocycles. The summed E-state index contributed by atoms with van der Waals surface area (Å²) in [6.07, 6.45) is 1.40. The summed E-state index contributed by atoms with van der Waals surface area (Å²) in [7, 11) is 0. The van der Waals surface area contributed by atoms with E-state index in [-0.39, 0.29) is 16.9 Å². The van der Waals surface area contributed by atoms with Gasteiger partial charge in [-0.15, -0.1) is 11.3 Å². The highest BCUT2D eigenvalue weighted by molar-refractivity contribution is 7.13. The number of phenolic OH excluding ortho intramolecular Hbond substituents is 1. The SMILES string of the molecule is Nc1nc(C2(c3ccccc3)CCN(C(=O)c3ccc(O)c(F)c3)CC2)cs1. The average molecular weight is 397 g/mol. The largest absolute Gasteiger partial charge is 0.505 e. The smallest absolute Gasteiger partial charge is 0.253 e. The standard InChI is InChI=1S/C21H20FN3O2S/c22-16-12-14(6-7-17(16)26)19(27)25-10-8-21(9-11-25,15-4-2-1-3-5-15)18-13-28-20(23)24-18/h1-7,12-13,26H,8-11H2,(H2,23,24). The van der Waals surface area contributed by atoms with Gasteiger partial charge in [-0.1, -0.05) is 30.3 Å². The average Bonchev–Trinajstić information content (AvgIpc) is 3.17. The fourth-order valence-corrected chi connectivity index (χ4v) is 4.53. The number of anilines is 1. The second-order valence-electron chi connectivity index (χ2n) is 6.98. The highest BCUT2D eigenvalue weighted by Crippen LogP contribution is 2.42. The van der Waals surface area contributed by atoms with Crippen molar-refractivity contribution in [2.45, 2.75) is 18.3 Å². The second kappa shape index (κ2) is 7.24. The number of amides is 1. The van der Waals surface area contributed by atoms with E-state index in [0.717, 1.165) is 17.3 Å². The Balaban J connectivity index is 1.60. The van der Waals surface area contributed by atoms with E-state index in [1.54, 1.807) is 4.90 Å². The summed E-state index contributed by atoms with van der Waals surface area (Å²) >= 11 is 1.42. The first-order valence-electron chi connectivity index (χ1n) is 9.04. The van der Waals surface area contributed by atoms with Crippen molar-refractivity contribution >= 4 is 22.4 Å². The lowest BCUT2D eigenvalue weighted by Gasteiger charge is -2.41. The summed E-state index contributed by atoms with van der Waals surface area (Å²) < 4.78 is 13.6. The number of likely N-dealkylation sites (tertiary alicyclic amines) is 1. The molecule has 0 atom stereocenters. The van der Waals surface area contributed by atoms with E-state index in [4.69, 9.17) is 5.73 Å². The number of nitrogens with zero attached hydrogens (tertiary/aromatic N) is 2. The number of carbonyl (C=O) groups excluding carboxylic acids is 1. The Kier molecular flexibility index (Phi) is 4.77. The van der Waals surface area contributed by atoms with Crippen LogP contribution in [0.3, 0.4) is 0 Å². The van der Waals surface area contributed by atoms with Crippen LogP contribution in [0.15, 0.2) is 53.9 Å². The van der Waals surface area contributed by atoms with Gasteiger partial charge < -0.3 is 15.7 Å². The first-order valence-corrected chi connectivity index (χ1v) is 9.92. The minimum atomic E-state index is -0.792. The van der Waals surface area contributed by atoms with Crippen molar-refractivity contribution in [3.63, 3.8) is 0 Å². The molecule has 0 radical (unpaired) electrons. The molecule has 1 aliphatic rings. The Hall–Kier alpha value is -2.93. The maximum absolute atomic E-state index is 13.6. The van der Waals surface area contributed by atoms with Gasteiger partial charge >= 0.3 is 0 Å². The molecule has 0 aliphatic carbocycles. The van der Waals surface area contributed by atoms with Crippen molar-refractivity contribution in [1.29, 1.82) is 0 Å². The van der Waals surface area contributed by atoms with Crippen LogP contribution in [0.2, 0.25) is 0 Å². The number of thiazole rings is 1. The summed E-state index contributed by atoms with van der Waals surface area (Å²) in [5.74, 6) is -1.49. The molecule has 2 heterocycles. The number of phenols is 1. The quantitative estimate of drug-likeness (QED) is 0.705. The normalized spacial score (nSPS) is 16.1. The molecule has 0 unspecified atom stereocenters. The highest BCUT2D eigenvalue weighted by atomic mass is 32.1. The van der Waals surface area contributed by atoms with Gasteiger partial charge in [0.05, 0.1) is 5.69 Å². The van der Waals surface area contributed by atoms with E-state index in [1.807, 2.05) is 23.6 Å². The van der Waals surface area contributed by atoms with Crippen LogP contribution in [0.4, 0.5) is 9.52 Å². The van der Waals surface area contributed by atoms with Gasteiger partial charge in [-0.05, 0) is 36.6 Å². The summed E-state index contributed by atoms with van der Waals surface area (Å²) in [6, 6.07) is 13.9. The van der Waals surface area contributed by atoms with E-state index in [2.05, 4.69) is 17.1 Å². The van der Waals surface area contributed by atoms with Crippen molar-refractivity contribution in [3.8, 4) is 5.75 Å². The van der Waals surface area contributed by atoms with Gasteiger partial charge in [0.15, 0.2) is 16.7 Å². The third kappa shape index (κ3) is 3.22. The number of piperidine rings is 1. The molecule has 1 fully saturated rings. The molecule has 1 saturated heterocycles. The molecule has 0 bridgehead atoms. The van der Waals surface area contributed by atoms with Crippen molar-refractivity contribution in [2.24, 2.45) is 0 Å². The van der Waals surface area contributed by atoms with Crippen molar-refractivity contribution in [2.75, 3.05) is 18.8 Å². The Morgan fingerprint density at radius 2 is 1.89 bits per heavy atom. The molecular weight excluding hydrogens is 377 g/mol. The zero-order valence-electron chi connectivity index (χ0n) is 15.1. The Morgan fingerprint density at radius 1 is 1.18 bits per heavy atom. The number of hydrogen-bond donors (Lipinski definition) is 2. The number of halogens is 1. The van der Waals surface area contributed by atoms with Gasteiger partial charge in [0.2, 0.25) is 0 Å². The molecular formula is C21H20FN3O2S. The number of aromatic hydroxyl groups is 1. The second-order valence-corrected chi connectivity index (χ2v) is 7.87. The van der Waals surface area contributed by atoms with Crippen LogP contribution >= 0.6 is 11.3 Å². The van der Waals surface area contributed by atoms with Gasteiger partial charge in [0.25, 0.3) is 5.91 Å². The third-order valence-electron chi connectivity index (χ3n) is 5.44. The number of benzene rings is 2. The number of hydrogen-bond acceptors (Lipinski definition) is 5. The lowest BCUT2D eigenvalue weighted by molar-refractivity contribution is 0.0683. The maximum Gasteiger partial charge on any atom is 0.253 e. The number of carbonyl (C=O) groups is 1. The van der Waals surface area contributed by atoms with E-state index in [9.17, 15) is 14.3 Å². The summed E-state index contributed by atoms with van der Waals surface area (Å²) in [5, 5.41) is 11.9. The predicted octanol–water partition coefficient (Wildman–Crippen LogP) is 3.79. The fourth-order valence-electron chi connectivity index (χ4n) is 3.87. The molecule has 28 heavy (non-hydrogen) atoms. The number of aromatic nitrogens is 1. The summed E-state index contributed by atoms with van der Waals surface area (Å²) in [4.78, 5) is 19.1. The molecule has 0 saturated carbocycles. The lowest BCUT2D eigenvalue weighted by atomic mass is 9.70. The predicted molar refractivity (Wildman–Crippen MR) is 107 cm³/mol. The van der Waals surface area contributed by atoms with E-state index < -0.39 is 11.6 Å². The van der Waals surface area contributed by atoms with E-state index in [0.29, 0.717) is 31.1 Å². The van der Waals surface area contributed by atoms with E-state index >= 15 is 0 Å². The molecule has 1 aromatic heterocycles. The number of nitrogens with two attached hydrogens (primary N) is 1. The van der Waals surface area contributed by atoms with Crippen LogP contribution in [0.25, 0.3) is 0 Å². The molecule has 5 nitrogen and oxygen atoms in total. The Bertz CT molecular complexity index is 998. The third-order valence-corrected chi connectivity index (χ3v) is 6.11. The molecule has 7 heteroatoms. The van der Waals surface area contributed by atoms with Crippen LogP contribution in [0.1, 0.15) is 34.5 Å². The van der Waals surface area contributed by atoms with Crippen LogP contribution in [0, 0.1) is 5.82 Å². The zero-order valence-corrected chi connectivity index (χ0v) is 16.0. The Labute approximate surface area is 166 Å². The minimum Gasteiger partial charge on any atom is -0.505 e. The minimum absolute atomic E-state index is 0.236. The monoisotopic (exact) mass is 397 g/mol. The van der Waals surface area contributed by atoms with Crippen molar-refractivity contribution < 1.29 is 14.3 Å². The molecule has 0 spiro atoms. The maximum atomic E-state index is 13.6. The topological polar surface area (TPSA) is 79.5 Å². The van der Waals surface area contributed by atoms with Gasteiger partial charge in [0, 0.05) is 29.4 Å². The van der Waals surface area contributed by atoms with Crippen LogP contribution in [-0.4, -0.2) is 34.0 Å². The molecule has 1 aliphatic heterocycles. The van der Waals surface area contributed by atoms with Crippen LogP contribution in [-0.2, 0) is 5.41 Å². The molecule has 4 rings (SSSR count). The van der Waals surface area contributed by atoms with Gasteiger partial charge in [-0.2, -0.15) is 0 Å². The highest BCUT2D eigenvalue weighted by Gasteiger charge is 2.40. The fraction of sp³-hybridized carbons (Fsp3) is 0.238. The lowest BCUT2D eigenvalue weighted by Crippen LogP contribution is -2.46. The first-order chi connectivity index (χ1) is 13.5. The van der Waals surface area contributed by atoms with Crippen molar-refractivity contribution in [1.82, 2.24) is 9.88 Å². The molecule has 1 amide bonds. The van der Waals surface area contributed by atoms with Gasteiger partial charge in [-0.3, -0.25) is 4.79 Å². The number of rotatable bonds is 3. The van der Waals surface area contributed by atoms with Gasteiger partial charge in [0.1, 0.15) is 0 Å². The number of nitrogen functional groups attached to an aromatic ring is 1. The summed E-state index contributed by atoms with van der Waals surface area (Å²) in [6.45, 7) is 1.04. The van der Waals surface area contributed by atoms with E-state index in [1.165, 1.54) is 23.5 Å². The first kappa shape index (κ1) is 18.4. The van der Waals surface area contributed by atoms with Gasteiger partial charge in [-0.25, -0.2) is 9.37 Å². The van der Waals surface area contributed by atoms with Crippen LogP contribution in [0.5, 0.6) is 5.75 Å². The van der Waals surface area contributed by atoms with Crippen LogP contribution < -0.4 is 5.73 Å². The molecule has 3 N–H and O–H groups in total.